The molecule has 9 heteroatoms. The van der Waals surface area contributed by atoms with Crippen molar-refractivity contribution in [3.8, 4) is 0 Å². The predicted molar refractivity (Wildman–Crippen MR) is 103 cm³/mol. The molecule has 1 aromatic heterocycles. The third-order valence-electron chi connectivity index (χ3n) is 4.94. The largest absolute Gasteiger partial charge is 0.419 e. The number of rotatable bonds is 4. The number of aryl methyl sites for hydroxylation is 1. The summed E-state index contributed by atoms with van der Waals surface area (Å²) in [6.07, 6.45) is -2.06. The number of pyridine rings is 1. The molecular weight excluding hydrogens is 385 g/mol. The summed E-state index contributed by atoms with van der Waals surface area (Å²) >= 11 is 0. The number of carbonyl (C=O) groups is 2. The quantitative estimate of drug-likeness (QED) is 0.815. The van der Waals surface area contributed by atoms with Crippen LogP contribution in [0.15, 0.2) is 36.5 Å². The van der Waals surface area contributed by atoms with Gasteiger partial charge in [-0.25, -0.2) is 4.98 Å². The zero-order valence-corrected chi connectivity index (χ0v) is 15.8. The van der Waals surface area contributed by atoms with Gasteiger partial charge in [0.05, 0.1) is 11.5 Å². The Labute approximate surface area is 165 Å². The molecule has 3 N–H and O–H groups in total. The fourth-order valence-corrected chi connectivity index (χ4v) is 3.52. The van der Waals surface area contributed by atoms with Crippen LogP contribution in [0.2, 0.25) is 0 Å². The van der Waals surface area contributed by atoms with Crippen LogP contribution in [0.4, 0.5) is 24.7 Å². The van der Waals surface area contributed by atoms with Gasteiger partial charge in [-0.05, 0) is 55.7 Å². The van der Waals surface area contributed by atoms with E-state index in [2.05, 4.69) is 10.3 Å². The molecule has 2 heterocycles. The van der Waals surface area contributed by atoms with Crippen LogP contribution in [0.25, 0.3) is 0 Å². The van der Waals surface area contributed by atoms with Crippen molar-refractivity contribution in [1.82, 2.24) is 4.98 Å². The van der Waals surface area contributed by atoms with Gasteiger partial charge >= 0.3 is 6.18 Å². The number of anilines is 2. The first-order chi connectivity index (χ1) is 13.7. The first-order valence-electron chi connectivity index (χ1n) is 9.15. The second-order valence-electron chi connectivity index (χ2n) is 7.04. The summed E-state index contributed by atoms with van der Waals surface area (Å²) < 4.78 is 39.9. The molecule has 1 unspecified atom stereocenters. The maximum atomic E-state index is 13.3. The highest BCUT2D eigenvalue weighted by Crippen LogP contribution is 2.36. The summed E-state index contributed by atoms with van der Waals surface area (Å²) in [6, 6.07) is 6.99. The van der Waals surface area contributed by atoms with Crippen LogP contribution < -0.4 is 16.0 Å². The van der Waals surface area contributed by atoms with Crippen LogP contribution in [0.3, 0.4) is 0 Å². The molecule has 0 radical (unpaired) electrons. The van der Waals surface area contributed by atoms with Crippen molar-refractivity contribution in [1.29, 1.82) is 0 Å². The zero-order valence-electron chi connectivity index (χ0n) is 15.8. The van der Waals surface area contributed by atoms with E-state index in [0.29, 0.717) is 36.2 Å². The highest BCUT2D eigenvalue weighted by atomic mass is 19.4. The fourth-order valence-electron chi connectivity index (χ4n) is 3.52. The number of nitrogens with zero attached hydrogens (tertiary/aromatic N) is 2. The Morgan fingerprint density at radius 1 is 1.28 bits per heavy atom. The van der Waals surface area contributed by atoms with Gasteiger partial charge in [0.25, 0.3) is 0 Å². The van der Waals surface area contributed by atoms with Crippen LogP contribution in [-0.4, -0.2) is 29.9 Å². The van der Waals surface area contributed by atoms with Crippen molar-refractivity contribution in [2.24, 2.45) is 11.7 Å². The van der Waals surface area contributed by atoms with Crippen molar-refractivity contribution in [2.75, 3.05) is 23.3 Å². The molecule has 1 aromatic carbocycles. The lowest BCUT2D eigenvalue weighted by Gasteiger charge is -2.34. The molecule has 2 amide bonds. The number of benzene rings is 1. The fraction of sp³-hybridized carbons (Fsp3) is 0.350. The van der Waals surface area contributed by atoms with Crippen molar-refractivity contribution >= 4 is 23.3 Å². The molecule has 0 spiro atoms. The van der Waals surface area contributed by atoms with Gasteiger partial charge in [-0.15, -0.1) is 0 Å². The molecule has 154 valence electrons. The molecule has 1 fully saturated rings. The average molecular weight is 406 g/mol. The second-order valence-corrected chi connectivity index (χ2v) is 7.04. The number of nitrogens with one attached hydrogen (secondary N) is 1. The number of aromatic nitrogens is 1. The minimum atomic E-state index is -4.52. The summed E-state index contributed by atoms with van der Waals surface area (Å²) in [6.45, 7) is 2.25. The molecule has 1 saturated heterocycles. The Morgan fingerprint density at radius 2 is 2.03 bits per heavy atom. The number of amides is 2. The highest BCUT2D eigenvalue weighted by molar-refractivity contribution is 5.96. The Kier molecular flexibility index (Phi) is 5.76. The molecular formula is C20H21F3N4O2. The van der Waals surface area contributed by atoms with Gasteiger partial charge < -0.3 is 16.0 Å². The number of hydrogen-bond donors (Lipinski definition) is 2. The molecule has 6 nitrogen and oxygen atoms in total. The van der Waals surface area contributed by atoms with Gasteiger partial charge in [0.1, 0.15) is 5.82 Å². The summed E-state index contributed by atoms with van der Waals surface area (Å²) in [5.41, 5.74) is 5.97. The third kappa shape index (κ3) is 4.67. The molecule has 2 aromatic rings. The summed E-state index contributed by atoms with van der Waals surface area (Å²) in [5, 5.41) is 2.78. The van der Waals surface area contributed by atoms with Crippen LogP contribution >= 0.6 is 0 Å². The first-order valence-corrected chi connectivity index (χ1v) is 9.15. The lowest BCUT2D eigenvalue weighted by molar-refractivity contribution is -0.137. The lowest BCUT2D eigenvalue weighted by Crippen LogP contribution is -2.42. The Morgan fingerprint density at radius 3 is 2.69 bits per heavy atom. The number of alkyl halides is 3. The van der Waals surface area contributed by atoms with Crippen LogP contribution in [0, 0.1) is 12.8 Å². The minimum Gasteiger partial charge on any atom is -0.366 e. The van der Waals surface area contributed by atoms with Gasteiger partial charge in [-0.3, -0.25) is 9.59 Å². The molecule has 1 aliphatic rings. The first kappa shape index (κ1) is 20.6. The van der Waals surface area contributed by atoms with E-state index < -0.39 is 23.6 Å². The van der Waals surface area contributed by atoms with Crippen molar-refractivity contribution in [3.05, 3.63) is 53.2 Å². The van der Waals surface area contributed by atoms with E-state index in [4.69, 9.17) is 5.73 Å². The van der Waals surface area contributed by atoms with E-state index in [-0.39, 0.29) is 18.3 Å². The Hall–Kier alpha value is -3.10. The van der Waals surface area contributed by atoms with Gasteiger partial charge in [-0.1, -0.05) is 0 Å². The molecule has 29 heavy (non-hydrogen) atoms. The highest BCUT2D eigenvalue weighted by Gasteiger charge is 2.37. The maximum absolute atomic E-state index is 13.3. The van der Waals surface area contributed by atoms with Crippen LogP contribution in [-0.2, 0) is 11.0 Å². The van der Waals surface area contributed by atoms with E-state index >= 15 is 0 Å². The number of halogens is 3. The molecule has 1 aliphatic heterocycles. The van der Waals surface area contributed by atoms with E-state index in [9.17, 15) is 22.8 Å². The summed E-state index contributed by atoms with van der Waals surface area (Å²) in [4.78, 5) is 29.4. The number of primary amides is 1. The van der Waals surface area contributed by atoms with Gasteiger partial charge in [0.15, 0.2) is 0 Å². The summed E-state index contributed by atoms with van der Waals surface area (Å²) in [7, 11) is 0. The average Bonchev–Trinajstić information content (AvgIpc) is 2.67. The number of hydrogen-bond acceptors (Lipinski definition) is 4. The van der Waals surface area contributed by atoms with E-state index in [1.807, 2.05) is 0 Å². The smallest absolute Gasteiger partial charge is 0.366 e. The Balaban J connectivity index is 1.74. The normalized spacial score (nSPS) is 17.1. The zero-order chi connectivity index (χ0) is 21.2. The topological polar surface area (TPSA) is 88.3 Å². The van der Waals surface area contributed by atoms with Gasteiger partial charge in [-0.2, -0.15) is 13.2 Å². The molecule has 0 bridgehead atoms. The predicted octanol–water partition coefficient (Wildman–Crippen LogP) is 3.36. The second kappa shape index (κ2) is 8.10. The number of nitrogens with two attached hydrogens (primary N) is 1. The number of piperidine rings is 1. The van der Waals surface area contributed by atoms with Crippen molar-refractivity contribution in [3.63, 3.8) is 0 Å². The van der Waals surface area contributed by atoms with Gasteiger partial charge in [0.2, 0.25) is 11.8 Å². The minimum absolute atomic E-state index is 0.143. The molecule has 0 saturated carbocycles. The van der Waals surface area contributed by atoms with Crippen LogP contribution in [0.5, 0.6) is 0 Å². The molecule has 1 atom stereocenters. The van der Waals surface area contributed by atoms with Gasteiger partial charge in [0, 0.05) is 30.5 Å². The van der Waals surface area contributed by atoms with Crippen LogP contribution in [0.1, 0.15) is 34.3 Å². The Bertz CT molecular complexity index is 930. The van der Waals surface area contributed by atoms with E-state index in [1.54, 1.807) is 19.1 Å². The molecule has 3 rings (SSSR count). The number of carbonyl (C=O) groups excluding carboxylic acids is 2. The lowest BCUT2D eigenvalue weighted by atomic mass is 9.96. The van der Waals surface area contributed by atoms with E-state index in [0.717, 1.165) is 6.07 Å². The standard InChI is InChI=1S/C20H21F3N4O2/c1-12-10-14(6-7-15(12)17(24)28)26-19(29)13-4-3-9-27(11-13)18-16(20(21,22)23)5-2-8-25-18/h2,5-8,10,13H,3-4,9,11H2,1H3,(H2,24,28)(H,26,29). The monoisotopic (exact) mass is 406 g/mol. The molecule has 0 aliphatic carbocycles. The third-order valence-corrected chi connectivity index (χ3v) is 4.94. The summed E-state index contributed by atoms with van der Waals surface area (Å²) in [5.74, 6) is -1.48. The van der Waals surface area contributed by atoms with Crippen molar-refractivity contribution < 1.29 is 22.8 Å². The maximum Gasteiger partial charge on any atom is 0.419 e. The SMILES string of the molecule is Cc1cc(NC(=O)C2CCCN(c3ncccc3C(F)(F)F)C2)ccc1C(N)=O. The van der Waals surface area contributed by atoms with E-state index in [1.165, 1.54) is 23.2 Å². The van der Waals surface area contributed by atoms with Crippen molar-refractivity contribution in [2.45, 2.75) is 25.9 Å².